The molecule has 1 heterocycles. The summed E-state index contributed by atoms with van der Waals surface area (Å²) in [5.41, 5.74) is 1.83. The maximum Gasteiger partial charge on any atom is 0.239 e. The molecule has 2 unspecified atom stereocenters. The van der Waals surface area contributed by atoms with Gasteiger partial charge in [0, 0.05) is 19.1 Å². The number of piperidine rings is 1. The van der Waals surface area contributed by atoms with Gasteiger partial charge in [0.15, 0.2) is 0 Å². The van der Waals surface area contributed by atoms with E-state index < -0.39 is 0 Å². The number of amides is 1. The van der Waals surface area contributed by atoms with E-state index in [0.29, 0.717) is 0 Å². The summed E-state index contributed by atoms with van der Waals surface area (Å²) in [4.78, 5) is 14.4. The SMILES string of the molecule is CC(NC1CCc2c(F)cccc21)C(=O)N1CCCCC1. The molecular formula is C17H23FN2O. The predicted octanol–water partition coefficient (Wildman–Crippen LogP) is 2.80. The maximum atomic E-state index is 13.7. The summed E-state index contributed by atoms with van der Waals surface area (Å²) in [6.07, 6.45) is 5.06. The first-order chi connectivity index (χ1) is 10.2. The average Bonchev–Trinajstić information content (AvgIpc) is 2.92. The van der Waals surface area contributed by atoms with Crippen molar-refractivity contribution in [3.05, 3.63) is 35.1 Å². The van der Waals surface area contributed by atoms with Gasteiger partial charge in [0.1, 0.15) is 5.82 Å². The minimum Gasteiger partial charge on any atom is -0.341 e. The topological polar surface area (TPSA) is 32.3 Å². The molecule has 1 aliphatic carbocycles. The normalized spacial score (nSPS) is 23.0. The van der Waals surface area contributed by atoms with E-state index in [2.05, 4.69) is 5.32 Å². The van der Waals surface area contributed by atoms with E-state index in [4.69, 9.17) is 0 Å². The Morgan fingerprint density at radius 1 is 1.33 bits per heavy atom. The van der Waals surface area contributed by atoms with Crippen LogP contribution in [0.15, 0.2) is 18.2 Å². The smallest absolute Gasteiger partial charge is 0.239 e. The fraction of sp³-hybridized carbons (Fsp3) is 0.588. The Bertz CT molecular complexity index is 526. The van der Waals surface area contributed by atoms with Gasteiger partial charge in [0.2, 0.25) is 5.91 Å². The minimum absolute atomic E-state index is 0.0967. The number of nitrogens with one attached hydrogen (secondary N) is 1. The van der Waals surface area contributed by atoms with E-state index in [9.17, 15) is 9.18 Å². The highest BCUT2D eigenvalue weighted by atomic mass is 19.1. The van der Waals surface area contributed by atoms with Crippen molar-refractivity contribution in [2.75, 3.05) is 13.1 Å². The molecule has 0 spiro atoms. The summed E-state index contributed by atoms with van der Waals surface area (Å²) in [5, 5.41) is 3.40. The molecule has 1 aliphatic heterocycles. The van der Waals surface area contributed by atoms with Crippen LogP contribution in [-0.2, 0) is 11.2 Å². The van der Waals surface area contributed by atoms with E-state index in [-0.39, 0.29) is 23.8 Å². The molecule has 21 heavy (non-hydrogen) atoms. The number of likely N-dealkylation sites (tertiary alicyclic amines) is 1. The summed E-state index contributed by atoms with van der Waals surface area (Å²) in [7, 11) is 0. The van der Waals surface area contributed by atoms with Crippen molar-refractivity contribution in [2.24, 2.45) is 0 Å². The third-order valence-electron chi connectivity index (χ3n) is 4.70. The average molecular weight is 290 g/mol. The van der Waals surface area contributed by atoms with Crippen LogP contribution in [0.2, 0.25) is 0 Å². The van der Waals surface area contributed by atoms with Crippen molar-refractivity contribution >= 4 is 5.91 Å². The highest BCUT2D eigenvalue weighted by Gasteiger charge is 2.29. The molecule has 0 radical (unpaired) electrons. The zero-order chi connectivity index (χ0) is 14.8. The van der Waals surface area contributed by atoms with Crippen LogP contribution in [0.5, 0.6) is 0 Å². The van der Waals surface area contributed by atoms with Gasteiger partial charge >= 0.3 is 0 Å². The number of carbonyl (C=O) groups is 1. The Morgan fingerprint density at radius 3 is 2.86 bits per heavy atom. The Balaban J connectivity index is 1.65. The Morgan fingerprint density at radius 2 is 2.10 bits per heavy atom. The van der Waals surface area contributed by atoms with Gasteiger partial charge in [-0.15, -0.1) is 0 Å². The van der Waals surface area contributed by atoms with Crippen LogP contribution in [0.4, 0.5) is 4.39 Å². The van der Waals surface area contributed by atoms with Crippen molar-refractivity contribution in [1.29, 1.82) is 0 Å². The van der Waals surface area contributed by atoms with Crippen LogP contribution in [0, 0.1) is 5.82 Å². The van der Waals surface area contributed by atoms with Gasteiger partial charge in [-0.1, -0.05) is 12.1 Å². The molecule has 1 fully saturated rings. The summed E-state index contributed by atoms with van der Waals surface area (Å²) in [5.74, 6) is 0.0614. The second-order valence-electron chi connectivity index (χ2n) is 6.17. The lowest BCUT2D eigenvalue weighted by atomic mass is 10.1. The number of hydrogen-bond donors (Lipinski definition) is 1. The van der Waals surface area contributed by atoms with E-state index >= 15 is 0 Å². The number of carbonyl (C=O) groups excluding carboxylic acids is 1. The molecule has 1 amide bonds. The number of benzene rings is 1. The van der Waals surface area contributed by atoms with Gasteiger partial charge in [-0.2, -0.15) is 0 Å². The molecule has 0 bridgehead atoms. The lowest BCUT2D eigenvalue weighted by Crippen LogP contribution is -2.47. The molecule has 1 N–H and O–H groups in total. The van der Waals surface area contributed by atoms with Crippen LogP contribution < -0.4 is 5.32 Å². The zero-order valence-corrected chi connectivity index (χ0v) is 12.6. The maximum absolute atomic E-state index is 13.7. The van der Waals surface area contributed by atoms with Crippen LogP contribution in [0.3, 0.4) is 0 Å². The van der Waals surface area contributed by atoms with E-state index in [1.807, 2.05) is 17.9 Å². The number of halogens is 1. The van der Waals surface area contributed by atoms with Gasteiger partial charge in [-0.25, -0.2) is 4.39 Å². The summed E-state index contributed by atoms with van der Waals surface area (Å²) >= 11 is 0. The largest absolute Gasteiger partial charge is 0.341 e. The number of hydrogen-bond acceptors (Lipinski definition) is 2. The highest BCUT2D eigenvalue weighted by Crippen LogP contribution is 2.33. The monoisotopic (exact) mass is 290 g/mol. The first-order valence-electron chi connectivity index (χ1n) is 7.99. The molecule has 1 aromatic rings. The fourth-order valence-corrected chi connectivity index (χ4v) is 3.54. The second-order valence-corrected chi connectivity index (χ2v) is 6.17. The minimum atomic E-state index is -0.206. The molecule has 1 saturated heterocycles. The number of rotatable bonds is 3. The molecular weight excluding hydrogens is 267 g/mol. The second kappa shape index (κ2) is 6.14. The Hall–Kier alpha value is -1.42. The zero-order valence-electron chi connectivity index (χ0n) is 12.6. The molecule has 0 aromatic heterocycles. The molecule has 3 nitrogen and oxygen atoms in total. The number of fused-ring (bicyclic) bond motifs is 1. The van der Waals surface area contributed by atoms with Crippen LogP contribution >= 0.6 is 0 Å². The van der Waals surface area contributed by atoms with Crippen LogP contribution in [0.25, 0.3) is 0 Å². The third kappa shape index (κ3) is 2.95. The quantitative estimate of drug-likeness (QED) is 0.928. The van der Waals surface area contributed by atoms with Crippen molar-refractivity contribution in [1.82, 2.24) is 10.2 Å². The summed E-state index contributed by atoms with van der Waals surface area (Å²) < 4.78 is 13.7. The fourth-order valence-electron chi connectivity index (χ4n) is 3.54. The first-order valence-corrected chi connectivity index (χ1v) is 7.99. The van der Waals surface area contributed by atoms with E-state index in [0.717, 1.165) is 49.9 Å². The van der Waals surface area contributed by atoms with Gasteiger partial charge in [-0.05, 0) is 56.2 Å². The third-order valence-corrected chi connectivity index (χ3v) is 4.70. The van der Waals surface area contributed by atoms with Gasteiger partial charge in [0.25, 0.3) is 0 Å². The molecule has 0 saturated carbocycles. The molecule has 4 heteroatoms. The first kappa shape index (κ1) is 14.5. The van der Waals surface area contributed by atoms with E-state index in [1.165, 1.54) is 12.5 Å². The van der Waals surface area contributed by atoms with Crippen molar-refractivity contribution < 1.29 is 9.18 Å². The van der Waals surface area contributed by atoms with Gasteiger partial charge in [0.05, 0.1) is 6.04 Å². The summed E-state index contributed by atoms with van der Waals surface area (Å²) in [6.45, 7) is 3.68. The standard InChI is InChI=1S/C17H23FN2O/c1-12(17(21)20-10-3-2-4-11-20)19-16-9-8-13-14(16)6-5-7-15(13)18/h5-7,12,16,19H,2-4,8-11H2,1H3. The molecule has 114 valence electrons. The van der Waals surface area contributed by atoms with Crippen molar-refractivity contribution in [3.63, 3.8) is 0 Å². The van der Waals surface area contributed by atoms with Crippen molar-refractivity contribution in [3.8, 4) is 0 Å². The van der Waals surface area contributed by atoms with Crippen LogP contribution in [-0.4, -0.2) is 29.9 Å². The molecule has 2 aliphatic rings. The van der Waals surface area contributed by atoms with Gasteiger partial charge in [-0.3, -0.25) is 10.1 Å². The highest BCUT2D eigenvalue weighted by molar-refractivity contribution is 5.81. The van der Waals surface area contributed by atoms with Crippen LogP contribution in [0.1, 0.15) is 49.8 Å². The molecule has 1 aromatic carbocycles. The number of nitrogens with zero attached hydrogens (tertiary/aromatic N) is 1. The predicted molar refractivity (Wildman–Crippen MR) is 80.5 cm³/mol. The molecule has 2 atom stereocenters. The lowest BCUT2D eigenvalue weighted by Gasteiger charge is -2.30. The Labute approximate surface area is 125 Å². The summed E-state index contributed by atoms with van der Waals surface area (Å²) in [6, 6.07) is 5.14. The van der Waals surface area contributed by atoms with Crippen molar-refractivity contribution in [2.45, 2.75) is 51.1 Å². The Kier molecular flexibility index (Phi) is 4.24. The van der Waals surface area contributed by atoms with E-state index in [1.54, 1.807) is 6.07 Å². The lowest BCUT2D eigenvalue weighted by molar-refractivity contribution is -0.134. The van der Waals surface area contributed by atoms with Gasteiger partial charge < -0.3 is 4.90 Å². The molecule has 3 rings (SSSR count).